The van der Waals surface area contributed by atoms with E-state index >= 15 is 0 Å². The SMILES string of the molecule is C=CCN(C)C(/C=C/C)Oc1ccc(C=O)c(C(=O)c2ccc(Br)cc2)c1. The van der Waals surface area contributed by atoms with Crippen LogP contribution >= 0.6 is 15.9 Å². The maximum Gasteiger partial charge on any atom is 0.193 e. The molecule has 140 valence electrons. The zero-order valence-electron chi connectivity index (χ0n) is 15.4. The lowest BCUT2D eigenvalue weighted by molar-refractivity contribution is 0.0940. The van der Waals surface area contributed by atoms with Gasteiger partial charge in [-0.25, -0.2) is 0 Å². The molecule has 2 aromatic rings. The van der Waals surface area contributed by atoms with Crippen LogP contribution in [0.25, 0.3) is 0 Å². The van der Waals surface area contributed by atoms with Crippen molar-refractivity contribution < 1.29 is 14.3 Å². The molecule has 0 saturated carbocycles. The van der Waals surface area contributed by atoms with E-state index in [9.17, 15) is 9.59 Å². The highest BCUT2D eigenvalue weighted by molar-refractivity contribution is 9.10. The fourth-order valence-corrected chi connectivity index (χ4v) is 2.82. The third kappa shape index (κ3) is 5.49. The normalized spacial score (nSPS) is 12.1. The molecule has 0 aliphatic rings. The van der Waals surface area contributed by atoms with Crippen LogP contribution in [0.2, 0.25) is 0 Å². The van der Waals surface area contributed by atoms with Crippen LogP contribution in [0.4, 0.5) is 0 Å². The second kappa shape index (κ2) is 10.00. The van der Waals surface area contributed by atoms with Gasteiger partial charge in [0.2, 0.25) is 0 Å². The highest BCUT2D eigenvalue weighted by Crippen LogP contribution is 2.23. The summed E-state index contributed by atoms with van der Waals surface area (Å²) in [6.07, 6.45) is 5.97. The van der Waals surface area contributed by atoms with Crippen molar-refractivity contribution in [2.75, 3.05) is 13.6 Å². The predicted molar refractivity (Wildman–Crippen MR) is 111 cm³/mol. The maximum absolute atomic E-state index is 12.9. The molecular formula is C22H22BrNO3. The topological polar surface area (TPSA) is 46.6 Å². The highest BCUT2D eigenvalue weighted by Gasteiger charge is 2.17. The summed E-state index contributed by atoms with van der Waals surface area (Å²) < 4.78 is 6.91. The molecule has 2 rings (SSSR count). The molecule has 0 aromatic heterocycles. The van der Waals surface area contributed by atoms with Gasteiger partial charge in [-0.3, -0.25) is 14.5 Å². The van der Waals surface area contributed by atoms with Crippen molar-refractivity contribution in [3.05, 3.63) is 88.4 Å². The molecule has 0 amide bonds. The molecule has 0 N–H and O–H groups in total. The molecule has 0 saturated heterocycles. The number of aldehydes is 1. The Hall–Kier alpha value is -2.50. The number of hydrogen-bond acceptors (Lipinski definition) is 4. The standard InChI is InChI=1S/C22H22BrNO3/c1-4-6-21(24(3)13-5-2)27-19-12-9-17(15-25)20(14-19)22(26)16-7-10-18(23)11-8-16/h4-12,14-15,21H,2,13H2,1,3H3/b6-4+. The molecule has 0 aliphatic carbocycles. The summed E-state index contributed by atoms with van der Waals surface area (Å²) >= 11 is 3.35. The smallest absolute Gasteiger partial charge is 0.193 e. The minimum absolute atomic E-state index is 0.225. The Bertz CT molecular complexity index is 843. The summed E-state index contributed by atoms with van der Waals surface area (Å²) in [4.78, 5) is 26.3. The molecule has 0 radical (unpaired) electrons. The Morgan fingerprint density at radius 1 is 1.26 bits per heavy atom. The largest absolute Gasteiger partial charge is 0.472 e. The van der Waals surface area contributed by atoms with E-state index in [0.717, 1.165) is 4.47 Å². The van der Waals surface area contributed by atoms with Crippen molar-refractivity contribution in [2.45, 2.75) is 13.2 Å². The van der Waals surface area contributed by atoms with E-state index in [2.05, 4.69) is 22.5 Å². The van der Waals surface area contributed by atoms with Gasteiger partial charge in [0, 0.05) is 27.7 Å². The number of hydrogen-bond donors (Lipinski definition) is 0. The monoisotopic (exact) mass is 427 g/mol. The van der Waals surface area contributed by atoms with Gasteiger partial charge in [-0.15, -0.1) is 6.58 Å². The average molecular weight is 428 g/mol. The number of ether oxygens (including phenoxy) is 1. The summed E-state index contributed by atoms with van der Waals surface area (Å²) in [5.41, 5.74) is 1.15. The number of carbonyl (C=O) groups is 2. The van der Waals surface area contributed by atoms with Gasteiger partial charge in [0.1, 0.15) is 5.75 Å². The molecule has 1 unspecified atom stereocenters. The van der Waals surface area contributed by atoms with Crippen LogP contribution < -0.4 is 4.74 Å². The van der Waals surface area contributed by atoms with E-state index in [1.165, 1.54) is 0 Å². The molecule has 0 bridgehead atoms. The van der Waals surface area contributed by atoms with Crippen molar-refractivity contribution in [2.24, 2.45) is 0 Å². The van der Waals surface area contributed by atoms with Crippen LogP contribution in [0.15, 0.2) is 71.7 Å². The van der Waals surface area contributed by atoms with Crippen molar-refractivity contribution in [1.29, 1.82) is 0 Å². The molecule has 4 nitrogen and oxygen atoms in total. The molecular weight excluding hydrogens is 406 g/mol. The number of carbonyl (C=O) groups excluding carboxylic acids is 2. The van der Waals surface area contributed by atoms with Crippen molar-refractivity contribution in [3.63, 3.8) is 0 Å². The number of allylic oxidation sites excluding steroid dienone is 1. The van der Waals surface area contributed by atoms with Crippen molar-refractivity contribution in [1.82, 2.24) is 4.90 Å². The first-order valence-electron chi connectivity index (χ1n) is 8.50. The second-order valence-electron chi connectivity index (χ2n) is 5.97. The summed E-state index contributed by atoms with van der Waals surface area (Å²) in [7, 11) is 1.92. The molecule has 0 heterocycles. The molecule has 1 atom stereocenters. The third-order valence-corrected chi connectivity index (χ3v) is 4.50. The lowest BCUT2D eigenvalue weighted by Gasteiger charge is -2.25. The minimum atomic E-state index is -0.314. The lowest BCUT2D eigenvalue weighted by Crippen LogP contribution is -2.35. The first-order chi connectivity index (χ1) is 13.0. The Balaban J connectivity index is 2.36. The average Bonchev–Trinajstić information content (AvgIpc) is 2.67. The van der Waals surface area contributed by atoms with Gasteiger partial charge in [0.15, 0.2) is 18.3 Å². The molecule has 0 aliphatic heterocycles. The van der Waals surface area contributed by atoms with Crippen molar-refractivity contribution in [3.8, 4) is 5.75 Å². The van der Waals surface area contributed by atoms with E-state index in [0.29, 0.717) is 35.3 Å². The number of nitrogens with zero attached hydrogens (tertiary/aromatic N) is 1. The number of benzene rings is 2. The summed E-state index contributed by atoms with van der Waals surface area (Å²) in [5, 5.41) is 0. The molecule has 2 aromatic carbocycles. The molecule has 0 spiro atoms. The molecule has 5 heteroatoms. The quantitative estimate of drug-likeness (QED) is 0.247. The fourth-order valence-electron chi connectivity index (χ4n) is 2.55. The number of ketones is 1. The predicted octanol–water partition coefficient (Wildman–Crippen LogP) is 4.89. The third-order valence-electron chi connectivity index (χ3n) is 3.97. The maximum atomic E-state index is 12.9. The second-order valence-corrected chi connectivity index (χ2v) is 6.88. The Labute approximate surface area is 168 Å². The fraction of sp³-hybridized carbons (Fsp3) is 0.182. The number of rotatable bonds is 9. The van der Waals surface area contributed by atoms with Gasteiger partial charge < -0.3 is 4.74 Å². The Morgan fingerprint density at radius 2 is 1.96 bits per heavy atom. The van der Waals surface area contributed by atoms with E-state index < -0.39 is 0 Å². The lowest BCUT2D eigenvalue weighted by atomic mass is 9.98. The number of likely N-dealkylation sites (N-methyl/N-ethyl adjacent to an activating group) is 1. The van der Waals surface area contributed by atoms with E-state index in [-0.39, 0.29) is 12.0 Å². The first-order valence-corrected chi connectivity index (χ1v) is 9.29. The van der Waals surface area contributed by atoms with Gasteiger partial charge in [-0.1, -0.05) is 28.1 Å². The van der Waals surface area contributed by atoms with Crippen LogP contribution in [0, 0.1) is 0 Å². The van der Waals surface area contributed by atoms with Gasteiger partial charge >= 0.3 is 0 Å². The minimum Gasteiger partial charge on any atom is -0.472 e. The molecule has 0 fully saturated rings. The van der Waals surface area contributed by atoms with Crippen LogP contribution in [0.3, 0.4) is 0 Å². The van der Waals surface area contributed by atoms with Gasteiger partial charge in [-0.05, 0) is 62.5 Å². The Kier molecular flexibility index (Phi) is 7.70. The first kappa shape index (κ1) is 20.8. The summed E-state index contributed by atoms with van der Waals surface area (Å²) in [6.45, 7) is 6.30. The molecule has 27 heavy (non-hydrogen) atoms. The van der Waals surface area contributed by atoms with Gasteiger partial charge in [0.05, 0.1) is 0 Å². The van der Waals surface area contributed by atoms with Crippen molar-refractivity contribution >= 4 is 28.0 Å². The van der Waals surface area contributed by atoms with Gasteiger partial charge in [0.25, 0.3) is 0 Å². The van der Waals surface area contributed by atoms with E-state index in [1.54, 1.807) is 48.5 Å². The van der Waals surface area contributed by atoms with Crippen LogP contribution in [0.5, 0.6) is 5.75 Å². The zero-order chi connectivity index (χ0) is 19.8. The van der Waals surface area contributed by atoms with Gasteiger partial charge in [-0.2, -0.15) is 0 Å². The van der Waals surface area contributed by atoms with Crippen LogP contribution in [-0.2, 0) is 0 Å². The van der Waals surface area contributed by atoms with Crippen LogP contribution in [0.1, 0.15) is 33.2 Å². The zero-order valence-corrected chi connectivity index (χ0v) is 17.0. The van der Waals surface area contributed by atoms with Crippen LogP contribution in [-0.4, -0.2) is 36.8 Å². The highest BCUT2D eigenvalue weighted by atomic mass is 79.9. The Morgan fingerprint density at radius 3 is 2.56 bits per heavy atom. The summed E-state index contributed by atoms with van der Waals surface area (Å²) in [5.74, 6) is 0.289. The van der Waals surface area contributed by atoms with E-state index in [1.807, 2.05) is 31.0 Å². The van der Waals surface area contributed by atoms with E-state index in [4.69, 9.17) is 4.74 Å². The summed E-state index contributed by atoms with van der Waals surface area (Å²) in [6, 6.07) is 11.9. The number of halogens is 1.